The van der Waals surface area contributed by atoms with Crippen molar-refractivity contribution in [2.75, 3.05) is 0 Å². The van der Waals surface area contributed by atoms with Crippen LogP contribution in [0.25, 0.3) is 0 Å². The van der Waals surface area contributed by atoms with Crippen molar-refractivity contribution in [3.8, 4) is 0 Å². The van der Waals surface area contributed by atoms with Gasteiger partial charge in [0.1, 0.15) is 0 Å². The second-order valence-corrected chi connectivity index (χ2v) is 2.28. The van der Waals surface area contributed by atoms with Gasteiger partial charge in [-0.05, 0) is 19.6 Å². The van der Waals surface area contributed by atoms with Crippen LogP contribution in [-0.2, 0) is 14.6 Å². The summed E-state index contributed by atoms with van der Waals surface area (Å²) in [4.78, 5) is 10.5. The Balaban J connectivity index is 2.62. The Kier molecular flexibility index (Phi) is 1.52. The molecule has 10 heavy (non-hydrogen) atoms. The van der Waals surface area contributed by atoms with Gasteiger partial charge < -0.3 is 4.74 Å². The Morgan fingerprint density at radius 1 is 1.50 bits per heavy atom. The minimum atomic E-state index is -0.587. The van der Waals surface area contributed by atoms with Crippen LogP contribution in [0.2, 0.25) is 0 Å². The highest BCUT2D eigenvalue weighted by molar-refractivity contribution is 6.09. The molecule has 0 spiro atoms. The maximum Gasteiger partial charge on any atom is 0.284 e. The van der Waals surface area contributed by atoms with E-state index in [1.807, 2.05) is 0 Å². The van der Waals surface area contributed by atoms with Gasteiger partial charge in [0.15, 0.2) is 0 Å². The third-order valence-corrected chi connectivity index (χ3v) is 0.993. The van der Waals surface area contributed by atoms with Gasteiger partial charge in [-0.25, -0.2) is 0 Å². The smallest absolute Gasteiger partial charge is 0.284 e. The van der Waals surface area contributed by atoms with Crippen molar-refractivity contribution in [2.24, 2.45) is 0 Å². The second kappa shape index (κ2) is 2.20. The van der Waals surface area contributed by atoms with Crippen molar-refractivity contribution in [3.05, 3.63) is 17.2 Å². The molecule has 0 atom stereocenters. The summed E-state index contributed by atoms with van der Waals surface area (Å²) in [5, 5.41) is 10.3. The number of hydrogen-bond acceptors (Lipinski definition) is 2. The number of carbonyl (C=O) groups is 1. The molecule has 53 valence electrons. The molecule has 3 nitrogen and oxygen atoms in total. The number of rotatable bonds is 2. The molecule has 0 unspecified atom stereocenters. The third kappa shape index (κ3) is 1.04. The first-order chi connectivity index (χ1) is 4.61. The van der Waals surface area contributed by atoms with Crippen LogP contribution in [-0.4, -0.2) is 11.9 Å². The predicted octanol–water partition coefficient (Wildman–Crippen LogP) is 0.791. The molecule has 0 amide bonds. The van der Waals surface area contributed by atoms with Crippen LogP contribution in [0.1, 0.15) is 13.8 Å². The lowest BCUT2D eigenvalue weighted by Gasteiger charge is -2.12. The van der Waals surface area contributed by atoms with Gasteiger partial charge in [0.2, 0.25) is 5.76 Å². The number of ketones is 1. The fourth-order valence-corrected chi connectivity index (χ4v) is 0.576. The minimum Gasteiger partial charge on any atom is -0.480 e. The van der Waals surface area contributed by atoms with E-state index in [9.17, 15) is 9.90 Å². The lowest BCUT2D eigenvalue weighted by atomic mass is 10.2. The molecule has 0 heterocycles. The van der Waals surface area contributed by atoms with Crippen LogP contribution in [0.3, 0.4) is 0 Å². The Bertz CT molecular complexity index is 231. The fraction of sp³-hybridized carbons (Fsp3) is 0.429. The van der Waals surface area contributed by atoms with E-state index in [1.54, 1.807) is 13.8 Å². The van der Waals surface area contributed by atoms with E-state index in [0.717, 1.165) is 0 Å². The number of carbonyl (C=O) groups excluding carboxylic acids is 1. The summed E-state index contributed by atoms with van der Waals surface area (Å²) in [5.74, 6) is -1.08. The molecule has 1 aliphatic carbocycles. The standard InChI is InChI=1S/C7H7O3/c1-4(2)10-6-3-5(8)7(6)9/h4H,1-2H3. The second-order valence-electron chi connectivity index (χ2n) is 2.28. The molecule has 0 aliphatic heterocycles. The van der Waals surface area contributed by atoms with Gasteiger partial charge in [-0.3, -0.25) is 9.90 Å². The predicted molar refractivity (Wildman–Crippen MR) is 32.5 cm³/mol. The van der Waals surface area contributed by atoms with Crippen molar-refractivity contribution >= 4 is 5.78 Å². The molecule has 0 aromatic rings. The van der Waals surface area contributed by atoms with E-state index in [2.05, 4.69) is 5.73 Å². The molecule has 0 aromatic carbocycles. The van der Waals surface area contributed by atoms with Gasteiger partial charge in [-0.1, -0.05) is 0 Å². The van der Waals surface area contributed by atoms with Gasteiger partial charge >= 0.3 is 0 Å². The molecule has 3 heteroatoms. The van der Waals surface area contributed by atoms with Crippen LogP contribution < -0.4 is 0 Å². The van der Waals surface area contributed by atoms with Gasteiger partial charge in [-0.2, -0.15) is 0 Å². The fourth-order valence-electron chi connectivity index (χ4n) is 0.576. The molecule has 1 rings (SSSR count). The van der Waals surface area contributed by atoms with E-state index in [0.29, 0.717) is 0 Å². The Labute approximate surface area is 58.6 Å². The Morgan fingerprint density at radius 2 is 2.10 bits per heavy atom. The number of ether oxygens (including phenoxy) is 1. The summed E-state index contributed by atoms with van der Waals surface area (Å²) < 4.78 is 4.90. The highest BCUT2D eigenvalue weighted by Crippen LogP contribution is 2.15. The molecule has 0 N–H and O–H groups in total. The van der Waals surface area contributed by atoms with Crippen LogP contribution in [0, 0.1) is 0 Å². The quantitative estimate of drug-likeness (QED) is 0.531. The molecule has 0 aromatic heterocycles. The van der Waals surface area contributed by atoms with Gasteiger partial charge in [-0.15, -0.1) is 0 Å². The zero-order valence-corrected chi connectivity index (χ0v) is 5.80. The molecular formula is C7H7O3. The first-order valence-corrected chi connectivity index (χ1v) is 3.00. The SMILES string of the molecule is CC(C)OC1=C=C([O])C1=O. The molecule has 0 fully saturated rings. The van der Waals surface area contributed by atoms with Crippen molar-refractivity contribution in [1.29, 1.82) is 0 Å². The number of Topliss-reactive ketones (excluding diaryl/α,β-unsaturated/α-hetero) is 1. The van der Waals surface area contributed by atoms with Gasteiger partial charge in [0.05, 0.1) is 6.10 Å². The Hall–Kier alpha value is -1.21. The maximum atomic E-state index is 10.5. The highest BCUT2D eigenvalue weighted by atomic mass is 16.5. The van der Waals surface area contributed by atoms with Gasteiger partial charge in [0, 0.05) is 0 Å². The summed E-state index contributed by atoms with van der Waals surface area (Å²) in [6, 6.07) is 0. The molecule has 1 aliphatic rings. The molecule has 1 radical (unpaired) electrons. The summed E-state index contributed by atoms with van der Waals surface area (Å²) in [7, 11) is 0. The van der Waals surface area contributed by atoms with E-state index in [-0.39, 0.29) is 11.9 Å². The summed E-state index contributed by atoms with van der Waals surface area (Å²) in [6.45, 7) is 3.56. The first-order valence-electron chi connectivity index (χ1n) is 3.00. The summed E-state index contributed by atoms with van der Waals surface area (Å²) in [5.41, 5.74) is 2.23. The zero-order valence-electron chi connectivity index (χ0n) is 5.80. The maximum absolute atomic E-state index is 10.5. The topological polar surface area (TPSA) is 46.2 Å². The summed E-state index contributed by atoms with van der Waals surface area (Å²) >= 11 is 0. The summed E-state index contributed by atoms with van der Waals surface area (Å²) in [6.07, 6.45) is -0.0699. The largest absolute Gasteiger partial charge is 0.480 e. The van der Waals surface area contributed by atoms with E-state index < -0.39 is 11.5 Å². The van der Waals surface area contributed by atoms with E-state index in [1.165, 1.54) is 0 Å². The lowest BCUT2D eigenvalue weighted by molar-refractivity contribution is -0.120. The highest BCUT2D eigenvalue weighted by Gasteiger charge is 2.27. The van der Waals surface area contributed by atoms with Crippen LogP contribution in [0.4, 0.5) is 0 Å². The molecule has 0 saturated carbocycles. The van der Waals surface area contributed by atoms with Crippen molar-refractivity contribution in [2.45, 2.75) is 20.0 Å². The molecule has 0 saturated heterocycles. The zero-order chi connectivity index (χ0) is 7.72. The van der Waals surface area contributed by atoms with Crippen molar-refractivity contribution < 1.29 is 14.6 Å². The van der Waals surface area contributed by atoms with Crippen LogP contribution in [0.15, 0.2) is 17.2 Å². The van der Waals surface area contributed by atoms with Crippen molar-refractivity contribution in [1.82, 2.24) is 0 Å². The first kappa shape index (κ1) is 6.90. The normalized spacial score (nSPS) is 16.1. The molecule has 0 bridgehead atoms. The lowest BCUT2D eigenvalue weighted by Crippen LogP contribution is -2.17. The van der Waals surface area contributed by atoms with Crippen LogP contribution in [0.5, 0.6) is 0 Å². The van der Waals surface area contributed by atoms with E-state index in [4.69, 9.17) is 4.74 Å². The van der Waals surface area contributed by atoms with E-state index >= 15 is 0 Å². The number of hydrogen-bond donors (Lipinski definition) is 0. The van der Waals surface area contributed by atoms with Crippen molar-refractivity contribution in [3.63, 3.8) is 0 Å². The monoisotopic (exact) mass is 139 g/mol. The van der Waals surface area contributed by atoms with Crippen LogP contribution >= 0.6 is 0 Å². The average Bonchev–Trinajstić information content (AvgIpc) is 1.86. The average molecular weight is 139 g/mol. The third-order valence-electron chi connectivity index (χ3n) is 0.993. The molecular weight excluding hydrogens is 132 g/mol. The van der Waals surface area contributed by atoms with Gasteiger partial charge in [0.25, 0.3) is 11.5 Å². The Morgan fingerprint density at radius 3 is 2.40 bits per heavy atom. The minimum absolute atomic E-state index is 0.0694.